The Balaban J connectivity index is 1.82. The highest BCUT2D eigenvalue weighted by Crippen LogP contribution is 2.30. The Hall–Kier alpha value is -4.19. The first kappa shape index (κ1) is 17.9. The number of hydrogen-bond acceptors (Lipinski definition) is 3. The van der Waals surface area contributed by atoms with Crippen LogP contribution < -0.4 is 5.73 Å². The molecule has 2 N–H and O–H groups in total. The molecular formula is C24H19N5O. The van der Waals surface area contributed by atoms with E-state index in [1.807, 2.05) is 70.1 Å². The van der Waals surface area contributed by atoms with Crippen LogP contribution in [0.15, 0.2) is 91.6 Å². The Morgan fingerprint density at radius 1 is 0.900 bits per heavy atom. The molecule has 0 aliphatic carbocycles. The number of rotatable bonds is 5. The lowest BCUT2D eigenvalue weighted by Gasteiger charge is -2.19. The molecule has 0 fully saturated rings. The second kappa shape index (κ2) is 7.33. The van der Waals surface area contributed by atoms with E-state index in [2.05, 4.69) is 22.1 Å². The van der Waals surface area contributed by atoms with Crippen molar-refractivity contribution < 1.29 is 4.79 Å². The Morgan fingerprint density at radius 2 is 1.70 bits per heavy atom. The van der Waals surface area contributed by atoms with E-state index in [-0.39, 0.29) is 0 Å². The summed E-state index contributed by atoms with van der Waals surface area (Å²) in [6.07, 6.45) is 7.98. The van der Waals surface area contributed by atoms with Crippen LogP contribution in [0.2, 0.25) is 0 Å². The molecule has 6 nitrogen and oxygen atoms in total. The predicted molar refractivity (Wildman–Crippen MR) is 116 cm³/mol. The van der Waals surface area contributed by atoms with Gasteiger partial charge < -0.3 is 10.3 Å². The Labute approximate surface area is 173 Å². The fourth-order valence-corrected chi connectivity index (χ4v) is 3.83. The smallest absolute Gasteiger partial charge is 0.250 e. The fraction of sp³-hybridized carbons (Fsp3) is 0.0417. The summed E-state index contributed by atoms with van der Waals surface area (Å²) in [5.41, 5.74) is 11.6. The molecule has 1 amide bonds. The normalized spacial score (nSPS) is 11.1. The zero-order valence-corrected chi connectivity index (χ0v) is 16.1. The number of primary amides is 1. The number of imidazole rings is 1. The number of hydrogen-bond donors (Lipinski definition) is 1. The molecule has 0 saturated carbocycles. The van der Waals surface area contributed by atoms with Crippen molar-refractivity contribution in [2.24, 2.45) is 5.73 Å². The van der Waals surface area contributed by atoms with Crippen LogP contribution in [0.1, 0.15) is 21.5 Å². The quantitative estimate of drug-likeness (QED) is 0.492. The monoisotopic (exact) mass is 393 g/mol. The first-order valence-corrected chi connectivity index (χ1v) is 9.64. The summed E-state index contributed by atoms with van der Waals surface area (Å²) < 4.78 is 3.90. The molecule has 0 aliphatic heterocycles. The highest BCUT2D eigenvalue weighted by atomic mass is 16.1. The summed E-state index contributed by atoms with van der Waals surface area (Å²) in [6.45, 7) is 0. The van der Waals surface area contributed by atoms with Crippen molar-refractivity contribution in [3.63, 3.8) is 0 Å². The number of nitrogens with two attached hydrogens (primary N) is 1. The minimum absolute atomic E-state index is 0.465. The highest BCUT2D eigenvalue weighted by Gasteiger charge is 2.20. The number of aromatic nitrogens is 4. The molecule has 5 rings (SSSR count). The van der Waals surface area contributed by atoms with Crippen molar-refractivity contribution in [2.45, 2.75) is 6.42 Å². The molecule has 30 heavy (non-hydrogen) atoms. The van der Waals surface area contributed by atoms with Gasteiger partial charge >= 0.3 is 0 Å². The number of pyridine rings is 1. The van der Waals surface area contributed by atoms with Crippen LogP contribution in [0.5, 0.6) is 0 Å². The number of amides is 1. The third kappa shape index (κ3) is 3.04. The van der Waals surface area contributed by atoms with Gasteiger partial charge in [0, 0.05) is 30.6 Å². The van der Waals surface area contributed by atoms with Crippen LogP contribution in [0, 0.1) is 0 Å². The molecule has 0 bridgehead atoms. The summed E-state index contributed by atoms with van der Waals surface area (Å²) in [7, 11) is 0. The third-order valence-electron chi connectivity index (χ3n) is 5.18. The molecule has 0 radical (unpaired) electrons. The van der Waals surface area contributed by atoms with Gasteiger partial charge in [-0.2, -0.15) is 0 Å². The van der Waals surface area contributed by atoms with Crippen LogP contribution in [0.25, 0.3) is 22.5 Å². The maximum absolute atomic E-state index is 12.3. The van der Waals surface area contributed by atoms with E-state index >= 15 is 0 Å². The molecule has 0 spiro atoms. The first-order chi connectivity index (χ1) is 14.7. The van der Waals surface area contributed by atoms with Crippen molar-refractivity contribution in [2.75, 3.05) is 0 Å². The van der Waals surface area contributed by atoms with Gasteiger partial charge in [-0.05, 0) is 42.0 Å². The molecule has 0 saturated heterocycles. The Morgan fingerprint density at radius 3 is 2.47 bits per heavy atom. The summed E-state index contributed by atoms with van der Waals surface area (Å²) in [4.78, 5) is 21.3. The number of benzene rings is 2. The highest BCUT2D eigenvalue weighted by molar-refractivity contribution is 5.98. The first-order valence-electron chi connectivity index (χ1n) is 9.64. The van der Waals surface area contributed by atoms with Gasteiger partial charge in [0.25, 0.3) is 5.91 Å². The van der Waals surface area contributed by atoms with Crippen LogP contribution in [-0.4, -0.2) is 25.0 Å². The SMILES string of the molecule is NC(=O)c1ccc(-n2cnc3cccnc32)c(Cc2ccccc2)c1-n1cccc1. The maximum atomic E-state index is 12.3. The van der Waals surface area contributed by atoms with E-state index in [1.54, 1.807) is 18.6 Å². The number of carbonyl (C=O) groups is 1. The molecule has 0 atom stereocenters. The van der Waals surface area contributed by atoms with E-state index in [4.69, 9.17) is 5.73 Å². The second-order valence-corrected chi connectivity index (χ2v) is 7.04. The molecular weight excluding hydrogens is 374 g/mol. The predicted octanol–water partition coefficient (Wildman–Crippen LogP) is 3.90. The van der Waals surface area contributed by atoms with Crippen LogP contribution in [0.4, 0.5) is 0 Å². The average Bonchev–Trinajstić information content (AvgIpc) is 3.44. The molecule has 5 aromatic rings. The zero-order chi connectivity index (χ0) is 20.5. The lowest BCUT2D eigenvalue weighted by molar-refractivity contribution is 0.1000. The number of nitrogens with zero attached hydrogens (tertiary/aromatic N) is 4. The fourth-order valence-electron chi connectivity index (χ4n) is 3.83. The van der Waals surface area contributed by atoms with Crippen molar-refractivity contribution in [1.82, 2.24) is 19.1 Å². The molecule has 0 unspecified atom stereocenters. The molecule has 3 heterocycles. The minimum Gasteiger partial charge on any atom is -0.366 e. The summed E-state index contributed by atoms with van der Waals surface area (Å²) in [5, 5.41) is 0. The summed E-state index contributed by atoms with van der Waals surface area (Å²) >= 11 is 0. The van der Waals surface area contributed by atoms with Gasteiger partial charge in [-0.3, -0.25) is 9.36 Å². The zero-order valence-electron chi connectivity index (χ0n) is 16.1. The van der Waals surface area contributed by atoms with Gasteiger partial charge in [0.2, 0.25) is 0 Å². The van der Waals surface area contributed by atoms with Crippen molar-refractivity contribution in [3.8, 4) is 11.4 Å². The van der Waals surface area contributed by atoms with E-state index in [1.165, 1.54) is 0 Å². The van der Waals surface area contributed by atoms with Crippen molar-refractivity contribution in [3.05, 3.63) is 108 Å². The minimum atomic E-state index is -0.465. The van der Waals surface area contributed by atoms with E-state index in [0.29, 0.717) is 12.0 Å². The lowest BCUT2D eigenvalue weighted by Crippen LogP contribution is -2.17. The molecule has 2 aromatic carbocycles. The van der Waals surface area contributed by atoms with Gasteiger partial charge in [0.15, 0.2) is 5.65 Å². The topological polar surface area (TPSA) is 78.7 Å². The van der Waals surface area contributed by atoms with Crippen LogP contribution in [-0.2, 0) is 6.42 Å². The maximum Gasteiger partial charge on any atom is 0.250 e. The van der Waals surface area contributed by atoms with E-state index in [0.717, 1.165) is 33.7 Å². The van der Waals surface area contributed by atoms with Crippen molar-refractivity contribution >= 4 is 17.1 Å². The molecule has 6 heteroatoms. The molecule has 146 valence electrons. The molecule has 0 aliphatic rings. The lowest BCUT2D eigenvalue weighted by atomic mass is 9.97. The Bertz CT molecular complexity index is 1340. The van der Waals surface area contributed by atoms with E-state index in [9.17, 15) is 4.79 Å². The number of carbonyl (C=O) groups excluding carboxylic acids is 1. The van der Waals surface area contributed by atoms with Gasteiger partial charge in [-0.25, -0.2) is 9.97 Å². The van der Waals surface area contributed by atoms with Crippen LogP contribution in [0.3, 0.4) is 0 Å². The van der Waals surface area contributed by atoms with Gasteiger partial charge in [0.1, 0.15) is 11.8 Å². The van der Waals surface area contributed by atoms with Gasteiger partial charge in [0.05, 0.1) is 16.9 Å². The number of fused-ring (bicyclic) bond motifs is 1. The van der Waals surface area contributed by atoms with Gasteiger partial charge in [-0.15, -0.1) is 0 Å². The van der Waals surface area contributed by atoms with Crippen LogP contribution >= 0.6 is 0 Å². The third-order valence-corrected chi connectivity index (χ3v) is 5.18. The average molecular weight is 393 g/mol. The Kier molecular flexibility index (Phi) is 4.37. The summed E-state index contributed by atoms with van der Waals surface area (Å²) in [5.74, 6) is -0.465. The second-order valence-electron chi connectivity index (χ2n) is 7.04. The van der Waals surface area contributed by atoms with E-state index < -0.39 is 5.91 Å². The summed E-state index contributed by atoms with van der Waals surface area (Å²) in [6, 6.07) is 21.5. The van der Waals surface area contributed by atoms with Crippen molar-refractivity contribution in [1.29, 1.82) is 0 Å². The molecule has 3 aromatic heterocycles. The largest absolute Gasteiger partial charge is 0.366 e. The van der Waals surface area contributed by atoms with Gasteiger partial charge in [-0.1, -0.05) is 30.3 Å². The standard InChI is InChI=1S/C24H19N5O/c25-23(30)18-10-11-21(29-16-27-20-9-6-12-26-24(20)29)19(15-17-7-2-1-3-8-17)22(18)28-13-4-5-14-28/h1-14,16H,15H2,(H2,25,30).